The number of aliphatic imine (C=N–C) groups is 1. The molecule has 54 valence electrons. The number of benzene rings is 1. The van der Waals surface area contributed by atoms with Crippen LogP contribution in [0.4, 0.5) is 5.69 Å². The maximum atomic E-state index is 3.93. The van der Waals surface area contributed by atoms with Crippen molar-refractivity contribution < 1.29 is 0 Å². The van der Waals surface area contributed by atoms with E-state index in [4.69, 9.17) is 0 Å². The Bertz CT molecular complexity index is 389. The summed E-state index contributed by atoms with van der Waals surface area (Å²) in [7, 11) is 0. The van der Waals surface area contributed by atoms with Gasteiger partial charge in [-0.2, -0.15) is 0 Å². The highest BCUT2D eigenvalue weighted by Crippen LogP contribution is 2.29. The standard InChI is InChI=1S/C9H7NS/c1-10-8-4-2-3-7-5-6-11-9(7)8/h2-6H,1H2. The van der Waals surface area contributed by atoms with Crippen LogP contribution in [0.5, 0.6) is 0 Å². The van der Waals surface area contributed by atoms with Crippen molar-refractivity contribution in [2.24, 2.45) is 4.99 Å². The zero-order valence-electron chi connectivity index (χ0n) is 5.95. The van der Waals surface area contributed by atoms with Crippen molar-refractivity contribution in [3.05, 3.63) is 29.6 Å². The lowest BCUT2D eigenvalue weighted by atomic mass is 10.2. The highest BCUT2D eigenvalue weighted by molar-refractivity contribution is 7.17. The Labute approximate surface area is 69.0 Å². The minimum absolute atomic E-state index is 0.984. The first-order valence-corrected chi connectivity index (χ1v) is 4.23. The fourth-order valence-electron chi connectivity index (χ4n) is 1.10. The molecule has 0 aliphatic heterocycles. The average Bonchev–Trinajstić information content (AvgIpc) is 2.50. The number of hydrogen-bond donors (Lipinski definition) is 0. The van der Waals surface area contributed by atoms with Crippen LogP contribution in [0.3, 0.4) is 0 Å². The summed E-state index contributed by atoms with van der Waals surface area (Å²) in [5.74, 6) is 0. The van der Waals surface area contributed by atoms with Crippen LogP contribution in [-0.2, 0) is 0 Å². The summed E-state index contributed by atoms with van der Waals surface area (Å²) < 4.78 is 1.22. The van der Waals surface area contributed by atoms with Gasteiger partial charge in [0, 0.05) is 0 Å². The zero-order valence-corrected chi connectivity index (χ0v) is 6.77. The Morgan fingerprint density at radius 3 is 3.00 bits per heavy atom. The molecule has 11 heavy (non-hydrogen) atoms. The van der Waals surface area contributed by atoms with E-state index in [-0.39, 0.29) is 0 Å². The minimum atomic E-state index is 0.984. The Morgan fingerprint density at radius 1 is 1.27 bits per heavy atom. The molecule has 2 aromatic rings. The smallest absolute Gasteiger partial charge is 0.0800 e. The third-order valence-electron chi connectivity index (χ3n) is 1.63. The molecule has 2 rings (SSSR count). The molecule has 1 heterocycles. The molecule has 0 N–H and O–H groups in total. The maximum Gasteiger partial charge on any atom is 0.0800 e. The van der Waals surface area contributed by atoms with Crippen LogP contribution in [0.2, 0.25) is 0 Å². The summed E-state index contributed by atoms with van der Waals surface area (Å²) in [6.07, 6.45) is 0. The van der Waals surface area contributed by atoms with Crippen LogP contribution in [0, 0.1) is 0 Å². The van der Waals surface area contributed by atoms with Crippen molar-refractivity contribution in [2.75, 3.05) is 0 Å². The van der Waals surface area contributed by atoms with E-state index in [9.17, 15) is 0 Å². The van der Waals surface area contributed by atoms with E-state index in [0.717, 1.165) is 5.69 Å². The topological polar surface area (TPSA) is 12.4 Å². The van der Waals surface area contributed by atoms with Gasteiger partial charge in [0.2, 0.25) is 0 Å². The predicted octanol–water partition coefficient (Wildman–Crippen LogP) is 3.23. The molecule has 0 saturated carbocycles. The van der Waals surface area contributed by atoms with Gasteiger partial charge in [-0.1, -0.05) is 12.1 Å². The lowest BCUT2D eigenvalue weighted by Gasteiger charge is -1.92. The third-order valence-corrected chi connectivity index (χ3v) is 2.58. The molecule has 0 aliphatic rings. The van der Waals surface area contributed by atoms with Crippen molar-refractivity contribution in [2.45, 2.75) is 0 Å². The van der Waals surface area contributed by atoms with E-state index in [2.05, 4.69) is 29.2 Å². The van der Waals surface area contributed by atoms with Crippen LogP contribution in [0.1, 0.15) is 0 Å². The van der Waals surface area contributed by atoms with E-state index in [1.807, 2.05) is 12.1 Å². The van der Waals surface area contributed by atoms with E-state index < -0.39 is 0 Å². The van der Waals surface area contributed by atoms with Gasteiger partial charge in [0.05, 0.1) is 10.4 Å². The van der Waals surface area contributed by atoms with Crippen molar-refractivity contribution in [1.29, 1.82) is 0 Å². The summed E-state index contributed by atoms with van der Waals surface area (Å²) >= 11 is 1.70. The van der Waals surface area contributed by atoms with Gasteiger partial charge < -0.3 is 0 Å². The molecule has 1 aromatic heterocycles. The Balaban J connectivity index is 2.88. The lowest BCUT2D eigenvalue weighted by molar-refractivity contribution is 1.63. The molecule has 0 amide bonds. The molecule has 0 fully saturated rings. The fraction of sp³-hybridized carbons (Fsp3) is 0. The van der Waals surface area contributed by atoms with Gasteiger partial charge in [0.25, 0.3) is 0 Å². The lowest BCUT2D eigenvalue weighted by Crippen LogP contribution is -1.62. The largest absolute Gasteiger partial charge is 0.263 e. The van der Waals surface area contributed by atoms with Crippen LogP contribution >= 0.6 is 11.3 Å². The monoisotopic (exact) mass is 161 g/mol. The molecule has 1 aromatic carbocycles. The van der Waals surface area contributed by atoms with Crippen molar-refractivity contribution >= 4 is 33.8 Å². The molecule has 0 unspecified atom stereocenters. The second kappa shape index (κ2) is 2.47. The first-order chi connectivity index (χ1) is 5.42. The molecular weight excluding hydrogens is 154 g/mol. The molecule has 0 aliphatic carbocycles. The van der Waals surface area contributed by atoms with Gasteiger partial charge in [0.15, 0.2) is 0 Å². The highest BCUT2D eigenvalue weighted by atomic mass is 32.1. The highest BCUT2D eigenvalue weighted by Gasteiger charge is 1.97. The number of rotatable bonds is 1. The number of hydrogen-bond acceptors (Lipinski definition) is 2. The summed E-state index contributed by atoms with van der Waals surface area (Å²) in [5.41, 5.74) is 0.984. The van der Waals surface area contributed by atoms with E-state index >= 15 is 0 Å². The van der Waals surface area contributed by atoms with Crippen LogP contribution in [-0.4, -0.2) is 6.72 Å². The zero-order chi connectivity index (χ0) is 7.68. The molecule has 0 saturated heterocycles. The minimum Gasteiger partial charge on any atom is -0.263 e. The van der Waals surface area contributed by atoms with Crippen LogP contribution in [0.15, 0.2) is 34.6 Å². The van der Waals surface area contributed by atoms with E-state index in [0.29, 0.717) is 0 Å². The van der Waals surface area contributed by atoms with Gasteiger partial charge in [-0.15, -0.1) is 11.3 Å². The predicted molar refractivity (Wildman–Crippen MR) is 51.0 cm³/mol. The second-order valence-corrected chi connectivity index (χ2v) is 3.19. The molecule has 0 atom stereocenters. The number of fused-ring (bicyclic) bond motifs is 1. The summed E-state index contributed by atoms with van der Waals surface area (Å²) in [4.78, 5) is 3.93. The molecule has 0 radical (unpaired) electrons. The number of nitrogens with zero attached hydrogens (tertiary/aromatic N) is 1. The van der Waals surface area contributed by atoms with Gasteiger partial charge in [-0.25, -0.2) is 0 Å². The maximum absolute atomic E-state index is 3.93. The normalized spacial score (nSPS) is 10.2. The Hall–Kier alpha value is -1.15. The van der Waals surface area contributed by atoms with Gasteiger partial charge in [0.1, 0.15) is 0 Å². The molecule has 0 spiro atoms. The third kappa shape index (κ3) is 0.955. The van der Waals surface area contributed by atoms with Crippen molar-refractivity contribution in [3.63, 3.8) is 0 Å². The average molecular weight is 161 g/mol. The van der Waals surface area contributed by atoms with E-state index in [1.165, 1.54) is 10.1 Å². The summed E-state index contributed by atoms with van der Waals surface area (Å²) in [6.45, 7) is 3.52. The first-order valence-electron chi connectivity index (χ1n) is 3.35. The Morgan fingerprint density at radius 2 is 2.18 bits per heavy atom. The summed E-state index contributed by atoms with van der Waals surface area (Å²) in [6, 6.07) is 8.15. The quantitative estimate of drug-likeness (QED) is 0.569. The van der Waals surface area contributed by atoms with Crippen LogP contribution in [0.25, 0.3) is 10.1 Å². The second-order valence-electron chi connectivity index (χ2n) is 2.27. The van der Waals surface area contributed by atoms with Gasteiger partial charge in [-0.05, 0) is 29.6 Å². The van der Waals surface area contributed by atoms with Crippen LogP contribution < -0.4 is 0 Å². The molecular formula is C9H7NS. The summed E-state index contributed by atoms with van der Waals surface area (Å²) in [5, 5.41) is 3.32. The number of thiophene rings is 1. The Kier molecular flexibility index (Phi) is 1.47. The van der Waals surface area contributed by atoms with Gasteiger partial charge in [-0.3, -0.25) is 4.99 Å². The fourth-order valence-corrected chi connectivity index (χ4v) is 1.98. The van der Waals surface area contributed by atoms with E-state index in [1.54, 1.807) is 11.3 Å². The molecule has 2 heteroatoms. The molecule has 1 nitrogen and oxygen atoms in total. The molecule has 0 bridgehead atoms. The van der Waals surface area contributed by atoms with Crippen molar-refractivity contribution in [3.8, 4) is 0 Å². The van der Waals surface area contributed by atoms with Crippen molar-refractivity contribution in [1.82, 2.24) is 0 Å². The van der Waals surface area contributed by atoms with Gasteiger partial charge >= 0.3 is 0 Å². The SMILES string of the molecule is C=Nc1cccc2ccsc12. The first kappa shape index (κ1) is 6.55.